The number of hydrogen-bond donors (Lipinski definition) is 3. The zero-order valence-corrected chi connectivity index (χ0v) is 25.4. The molecule has 10 nitrogen and oxygen atoms in total. The highest BCUT2D eigenvalue weighted by Gasteiger charge is 2.43. The fraction of sp³-hybridized carbons (Fsp3) is 0.323. The highest BCUT2D eigenvalue weighted by atomic mass is 32.2. The van der Waals surface area contributed by atoms with Crippen LogP contribution in [0.4, 0.5) is 28.9 Å². The number of imidazole rings is 1. The van der Waals surface area contributed by atoms with Crippen molar-refractivity contribution in [2.75, 3.05) is 16.7 Å². The summed E-state index contributed by atoms with van der Waals surface area (Å²) >= 11 is 0. The van der Waals surface area contributed by atoms with Gasteiger partial charge in [0.25, 0.3) is 10.0 Å². The van der Waals surface area contributed by atoms with Crippen molar-refractivity contribution in [3.63, 3.8) is 0 Å². The van der Waals surface area contributed by atoms with Gasteiger partial charge in [0.15, 0.2) is 0 Å². The summed E-state index contributed by atoms with van der Waals surface area (Å²) in [6.07, 6.45) is -3.75. The summed E-state index contributed by atoms with van der Waals surface area (Å²) in [6, 6.07) is 12.3. The Balaban J connectivity index is 1.35. The molecule has 1 aliphatic rings. The maximum atomic E-state index is 14.4. The minimum Gasteiger partial charge on any atom is -0.481 e. The molecule has 1 saturated carbocycles. The van der Waals surface area contributed by atoms with Crippen LogP contribution in [0.2, 0.25) is 0 Å². The van der Waals surface area contributed by atoms with E-state index in [1.54, 1.807) is 29.8 Å². The molecule has 3 atom stereocenters. The van der Waals surface area contributed by atoms with E-state index in [2.05, 4.69) is 10.3 Å². The van der Waals surface area contributed by atoms with Gasteiger partial charge < -0.3 is 20.1 Å². The van der Waals surface area contributed by atoms with E-state index < -0.39 is 62.9 Å². The van der Waals surface area contributed by atoms with Crippen LogP contribution < -0.4 is 9.62 Å². The number of aliphatic hydroxyl groups excluding tert-OH is 1. The van der Waals surface area contributed by atoms with Crippen LogP contribution >= 0.6 is 0 Å². The normalized spacial score (nSPS) is 18.8. The van der Waals surface area contributed by atoms with E-state index >= 15 is 0 Å². The number of carboxylic acid groups (broad SMARTS) is 1. The third-order valence-corrected chi connectivity index (χ3v) is 10.3. The summed E-state index contributed by atoms with van der Waals surface area (Å²) in [7, 11) is -0.964. The predicted molar refractivity (Wildman–Crippen MR) is 160 cm³/mol. The topological polar surface area (TPSA) is 142 Å². The average molecular weight is 663 g/mol. The minimum atomic E-state index is -4.78. The van der Waals surface area contributed by atoms with Crippen molar-refractivity contribution in [3.8, 4) is 0 Å². The Hall–Kier alpha value is -4.50. The van der Waals surface area contributed by atoms with Gasteiger partial charge >= 0.3 is 12.1 Å². The van der Waals surface area contributed by atoms with E-state index in [0.717, 1.165) is 10.4 Å². The Bertz CT molecular complexity index is 1910. The molecule has 4 aromatic rings. The van der Waals surface area contributed by atoms with Gasteiger partial charge in [0.05, 0.1) is 44.7 Å². The van der Waals surface area contributed by atoms with Crippen molar-refractivity contribution >= 4 is 44.3 Å². The Morgan fingerprint density at radius 3 is 2.37 bits per heavy atom. The number of rotatable bonds is 8. The molecule has 3 aromatic carbocycles. The number of aliphatic carboxylic acids is 1. The molecule has 46 heavy (non-hydrogen) atoms. The average Bonchev–Trinajstić information content (AvgIpc) is 3.35. The predicted octanol–water partition coefficient (Wildman–Crippen LogP) is 5.27. The number of halogens is 4. The van der Waals surface area contributed by atoms with Gasteiger partial charge in [0, 0.05) is 14.1 Å². The standard InChI is InChI=1S/C31H30F4N4O6S/c1-38-26-13-11-20(15-25(26)36-27(38)16-40)46(44,45)39(2)19-9-6-17(7-10-19)21-4-3-5-22(28(21)30(42)43)29(41)37-24-12-8-18(14-23(24)32)31(33,34)35/h6-15,21-22,28,40H,3-5,16H2,1-2H3,(H,37,41)(H,42,43)/t21-,22-,28-/m1/s1. The molecule has 1 heterocycles. The van der Waals surface area contributed by atoms with Crippen LogP contribution in [0.1, 0.15) is 42.1 Å². The number of aromatic nitrogens is 2. The third kappa shape index (κ3) is 6.16. The van der Waals surface area contributed by atoms with E-state index in [0.29, 0.717) is 41.3 Å². The van der Waals surface area contributed by atoms with E-state index in [-0.39, 0.29) is 29.7 Å². The SMILES string of the molecule is CN(c1ccc([C@H]2CCC[C@@H](C(=O)Nc3ccc(C(F)(F)F)cc3F)[C@@H]2C(=O)O)cc1)S(=O)(=O)c1ccc2c(c1)nc(CO)n2C. The zero-order chi connectivity index (χ0) is 33.6. The minimum absolute atomic E-state index is 0.0225. The molecule has 1 aromatic heterocycles. The first-order valence-corrected chi connectivity index (χ1v) is 15.6. The Kier molecular flexibility index (Phi) is 8.84. The Morgan fingerprint density at radius 2 is 1.76 bits per heavy atom. The molecule has 0 bridgehead atoms. The van der Waals surface area contributed by atoms with Crippen LogP contribution in [-0.2, 0) is 39.4 Å². The lowest BCUT2D eigenvalue weighted by Crippen LogP contribution is -2.40. The number of fused-ring (bicyclic) bond motifs is 1. The molecule has 0 unspecified atom stereocenters. The lowest BCUT2D eigenvalue weighted by Gasteiger charge is -2.35. The summed E-state index contributed by atoms with van der Waals surface area (Å²) in [5.41, 5.74) is 0.160. The van der Waals surface area contributed by atoms with Gasteiger partial charge in [-0.25, -0.2) is 17.8 Å². The van der Waals surface area contributed by atoms with Crippen molar-refractivity contribution in [3.05, 3.63) is 83.4 Å². The lowest BCUT2D eigenvalue weighted by molar-refractivity contribution is -0.148. The van der Waals surface area contributed by atoms with Crippen LogP contribution in [0.3, 0.4) is 0 Å². The summed E-state index contributed by atoms with van der Waals surface area (Å²) < 4.78 is 82.8. The van der Waals surface area contributed by atoms with Crippen LogP contribution in [-0.4, -0.2) is 47.1 Å². The van der Waals surface area contributed by atoms with E-state index in [1.807, 2.05) is 0 Å². The molecule has 0 radical (unpaired) electrons. The van der Waals surface area contributed by atoms with Crippen LogP contribution in [0.15, 0.2) is 65.6 Å². The lowest BCUT2D eigenvalue weighted by atomic mass is 9.69. The molecular formula is C31H30F4N4O6S. The number of anilines is 2. The number of alkyl halides is 3. The number of sulfonamides is 1. The number of nitrogens with zero attached hydrogens (tertiary/aromatic N) is 3. The number of amides is 1. The number of nitrogens with one attached hydrogen (secondary N) is 1. The Morgan fingerprint density at radius 1 is 1.07 bits per heavy atom. The van der Waals surface area contributed by atoms with Gasteiger partial charge in [-0.3, -0.25) is 13.9 Å². The van der Waals surface area contributed by atoms with Gasteiger partial charge in [0.1, 0.15) is 18.2 Å². The fourth-order valence-corrected chi connectivity index (χ4v) is 7.20. The molecule has 1 amide bonds. The third-order valence-electron chi connectivity index (χ3n) is 8.50. The zero-order valence-electron chi connectivity index (χ0n) is 24.6. The summed E-state index contributed by atoms with van der Waals surface area (Å²) in [6.45, 7) is -0.313. The molecule has 0 saturated heterocycles. The smallest absolute Gasteiger partial charge is 0.416 e. The first-order valence-electron chi connectivity index (χ1n) is 14.2. The molecule has 0 spiro atoms. The van der Waals surface area contributed by atoms with E-state index in [1.165, 1.54) is 31.3 Å². The van der Waals surface area contributed by atoms with Gasteiger partial charge in [-0.2, -0.15) is 13.2 Å². The largest absolute Gasteiger partial charge is 0.481 e. The van der Waals surface area contributed by atoms with Crippen molar-refractivity contribution in [1.82, 2.24) is 9.55 Å². The fourth-order valence-electron chi connectivity index (χ4n) is 5.99. The second-order valence-electron chi connectivity index (χ2n) is 11.1. The summed E-state index contributed by atoms with van der Waals surface area (Å²) in [5, 5.41) is 21.9. The van der Waals surface area contributed by atoms with Gasteiger partial charge in [-0.1, -0.05) is 18.6 Å². The monoisotopic (exact) mass is 662 g/mol. The highest BCUT2D eigenvalue weighted by Crippen LogP contribution is 2.43. The van der Waals surface area contributed by atoms with Crippen LogP contribution in [0.25, 0.3) is 11.0 Å². The summed E-state index contributed by atoms with van der Waals surface area (Å²) in [4.78, 5) is 29.8. The number of aliphatic hydroxyl groups is 1. The van der Waals surface area contributed by atoms with Crippen LogP contribution in [0, 0.1) is 17.7 Å². The first-order chi connectivity index (χ1) is 21.6. The molecule has 3 N–H and O–H groups in total. The second kappa shape index (κ2) is 12.4. The number of aryl methyl sites for hydroxylation is 1. The maximum Gasteiger partial charge on any atom is 0.416 e. The van der Waals surface area contributed by atoms with E-state index in [9.17, 15) is 45.8 Å². The molecule has 1 fully saturated rings. The van der Waals surface area contributed by atoms with E-state index in [4.69, 9.17) is 0 Å². The van der Waals surface area contributed by atoms with Gasteiger partial charge in [0.2, 0.25) is 5.91 Å². The van der Waals surface area contributed by atoms with Crippen molar-refractivity contribution in [2.24, 2.45) is 18.9 Å². The summed E-state index contributed by atoms with van der Waals surface area (Å²) in [5.74, 6) is -6.00. The first kappa shape index (κ1) is 32.9. The number of carbonyl (C=O) groups excluding carboxylic acids is 1. The number of hydrogen-bond acceptors (Lipinski definition) is 6. The highest BCUT2D eigenvalue weighted by molar-refractivity contribution is 7.92. The number of benzene rings is 3. The Labute approximate surface area is 261 Å². The molecule has 0 aliphatic heterocycles. The molecule has 244 valence electrons. The van der Waals surface area contributed by atoms with Crippen molar-refractivity contribution < 1.29 is 45.8 Å². The molecule has 1 aliphatic carbocycles. The number of carboxylic acids is 1. The number of carbonyl (C=O) groups is 2. The maximum absolute atomic E-state index is 14.4. The van der Waals surface area contributed by atoms with Crippen LogP contribution in [0.5, 0.6) is 0 Å². The molecular weight excluding hydrogens is 632 g/mol. The van der Waals surface area contributed by atoms with Crippen molar-refractivity contribution in [2.45, 2.75) is 42.9 Å². The van der Waals surface area contributed by atoms with Crippen molar-refractivity contribution in [1.29, 1.82) is 0 Å². The molecule has 5 rings (SSSR count). The van der Waals surface area contributed by atoms with Gasteiger partial charge in [-0.15, -0.1) is 0 Å². The quantitative estimate of drug-likeness (QED) is 0.218. The molecule has 15 heteroatoms. The second-order valence-corrected chi connectivity index (χ2v) is 13.1. The van der Waals surface area contributed by atoms with Gasteiger partial charge in [-0.05, 0) is 72.9 Å².